The van der Waals surface area contributed by atoms with E-state index >= 15 is 0 Å². The van der Waals surface area contributed by atoms with Crippen LogP contribution in [0.1, 0.15) is 17.5 Å². The van der Waals surface area contributed by atoms with Crippen molar-refractivity contribution in [2.45, 2.75) is 13.3 Å². The van der Waals surface area contributed by atoms with E-state index in [-0.39, 0.29) is 5.91 Å². The lowest BCUT2D eigenvalue weighted by molar-refractivity contribution is -0.116. The lowest BCUT2D eigenvalue weighted by Gasteiger charge is -2.26. The standard InChI is InChI=1S/C17H24N2O2/c1-15-3-5-16(6-4-15)7-8-17(20)18-9-2-10-19-11-13-21-14-12-19/h3-8H,2,9-14H2,1H3,(H,18,20). The van der Waals surface area contributed by atoms with Crippen molar-refractivity contribution in [2.75, 3.05) is 39.4 Å². The van der Waals surface area contributed by atoms with Crippen molar-refractivity contribution >= 4 is 12.0 Å². The number of morpholine rings is 1. The number of carbonyl (C=O) groups excluding carboxylic acids is 1. The Hall–Kier alpha value is -1.65. The van der Waals surface area contributed by atoms with E-state index < -0.39 is 0 Å². The molecule has 1 N–H and O–H groups in total. The van der Waals surface area contributed by atoms with Crippen LogP contribution in [-0.4, -0.2) is 50.2 Å². The van der Waals surface area contributed by atoms with Crippen LogP contribution in [0.2, 0.25) is 0 Å². The molecule has 0 saturated carbocycles. The lowest BCUT2D eigenvalue weighted by atomic mass is 10.1. The Bertz CT molecular complexity index is 462. The molecule has 0 atom stereocenters. The molecule has 4 nitrogen and oxygen atoms in total. The molecule has 114 valence electrons. The molecular weight excluding hydrogens is 264 g/mol. The summed E-state index contributed by atoms with van der Waals surface area (Å²) in [5.74, 6) is -0.0300. The van der Waals surface area contributed by atoms with Crippen molar-refractivity contribution in [2.24, 2.45) is 0 Å². The first-order chi connectivity index (χ1) is 10.2. The van der Waals surface area contributed by atoms with Gasteiger partial charge in [0.05, 0.1) is 13.2 Å². The topological polar surface area (TPSA) is 41.6 Å². The highest BCUT2D eigenvalue weighted by molar-refractivity contribution is 5.91. The molecule has 21 heavy (non-hydrogen) atoms. The highest BCUT2D eigenvalue weighted by atomic mass is 16.5. The molecule has 1 fully saturated rings. The third-order valence-electron chi connectivity index (χ3n) is 3.56. The summed E-state index contributed by atoms with van der Waals surface area (Å²) in [6.45, 7) is 7.44. The smallest absolute Gasteiger partial charge is 0.243 e. The van der Waals surface area contributed by atoms with Gasteiger partial charge < -0.3 is 10.1 Å². The van der Waals surface area contributed by atoms with E-state index in [2.05, 4.69) is 17.1 Å². The van der Waals surface area contributed by atoms with E-state index in [1.54, 1.807) is 6.08 Å². The number of aryl methyl sites for hydroxylation is 1. The zero-order valence-corrected chi connectivity index (χ0v) is 12.7. The van der Waals surface area contributed by atoms with E-state index in [0.717, 1.165) is 44.8 Å². The minimum atomic E-state index is -0.0300. The molecule has 0 bridgehead atoms. The van der Waals surface area contributed by atoms with Gasteiger partial charge in [-0.3, -0.25) is 9.69 Å². The number of amides is 1. The molecule has 1 aliphatic rings. The summed E-state index contributed by atoms with van der Waals surface area (Å²) in [6.07, 6.45) is 4.42. The Balaban J connectivity index is 1.61. The Kier molecular flexibility index (Phi) is 6.44. The number of rotatable bonds is 6. The minimum Gasteiger partial charge on any atom is -0.379 e. The Morgan fingerprint density at radius 1 is 1.29 bits per heavy atom. The first kappa shape index (κ1) is 15.7. The molecule has 0 aliphatic carbocycles. The van der Waals surface area contributed by atoms with Crippen LogP contribution in [0, 0.1) is 6.92 Å². The summed E-state index contributed by atoms with van der Waals surface area (Å²) in [7, 11) is 0. The van der Waals surface area contributed by atoms with Crippen LogP contribution in [-0.2, 0) is 9.53 Å². The van der Waals surface area contributed by atoms with Gasteiger partial charge in [-0.1, -0.05) is 29.8 Å². The fourth-order valence-corrected chi connectivity index (χ4v) is 2.25. The van der Waals surface area contributed by atoms with Crippen LogP contribution in [0.5, 0.6) is 0 Å². The van der Waals surface area contributed by atoms with Crippen LogP contribution in [0.25, 0.3) is 6.08 Å². The van der Waals surface area contributed by atoms with Crippen molar-refractivity contribution in [3.8, 4) is 0 Å². The third kappa shape index (κ3) is 6.10. The zero-order chi connectivity index (χ0) is 14.9. The monoisotopic (exact) mass is 288 g/mol. The summed E-state index contributed by atoms with van der Waals surface area (Å²) < 4.78 is 5.31. The van der Waals surface area contributed by atoms with Crippen LogP contribution >= 0.6 is 0 Å². The molecule has 1 aromatic rings. The van der Waals surface area contributed by atoms with Crippen molar-refractivity contribution in [1.82, 2.24) is 10.2 Å². The largest absolute Gasteiger partial charge is 0.379 e. The van der Waals surface area contributed by atoms with Gasteiger partial charge >= 0.3 is 0 Å². The average Bonchev–Trinajstić information content (AvgIpc) is 2.52. The van der Waals surface area contributed by atoms with Crippen LogP contribution < -0.4 is 5.32 Å². The van der Waals surface area contributed by atoms with Crippen LogP contribution in [0.15, 0.2) is 30.3 Å². The highest BCUT2D eigenvalue weighted by Crippen LogP contribution is 2.04. The number of hydrogen-bond acceptors (Lipinski definition) is 3. The van der Waals surface area contributed by atoms with Gasteiger partial charge in [0.2, 0.25) is 5.91 Å². The summed E-state index contributed by atoms with van der Waals surface area (Å²) in [6, 6.07) is 8.11. The quantitative estimate of drug-likeness (QED) is 0.641. The Morgan fingerprint density at radius 2 is 2.00 bits per heavy atom. The maximum Gasteiger partial charge on any atom is 0.243 e. The summed E-state index contributed by atoms with van der Waals surface area (Å²) in [5.41, 5.74) is 2.27. The number of nitrogens with one attached hydrogen (secondary N) is 1. The van der Waals surface area contributed by atoms with Gasteiger partial charge in [0.25, 0.3) is 0 Å². The van der Waals surface area contributed by atoms with Gasteiger partial charge in [0.15, 0.2) is 0 Å². The second-order valence-corrected chi connectivity index (χ2v) is 5.34. The highest BCUT2D eigenvalue weighted by Gasteiger charge is 2.09. The van der Waals surface area contributed by atoms with E-state index in [0.29, 0.717) is 6.54 Å². The second kappa shape index (κ2) is 8.60. The van der Waals surface area contributed by atoms with Crippen LogP contribution in [0.3, 0.4) is 0 Å². The van der Waals surface area contributed by atoms with Crippen molar-refractivity contribution < 1.29 is 9.53 Å². The molecular formula is C17H24N2O2. The predicted octanol–water partition coefficient (Wildman–Crippen LogP) is 1.85. The van der Waals surface area contributed by atoms with Gasteiger partial charge in [0, 0.05) is 25.7 Å². The fourth-order valence-electron chi connectivity index (χ4n) is 2.25. The number of benzene rings is 1. The first-order valence-corrected chi connectivity index (χ1v) is 7.57. The van der Waals surface area contributed by atoms with E-state index in [9.17, 15) is 4.79 Å². The molecule has 1 aliphatic heterocycles. The number of nitrogens with zero attached hydrogens (tertiary/aromatic N) is 1. The summed E-state index contributed by atoms with van der Waals surface area (Å²) in [4.78, 5) is 14.1. The van der Waals surface area contributed by atoms with Crippen LogP contribution in [0.4, 0.5) is 0 Å². The molecule has 1 aromatic carbocycles. The molecule has 1 amide bonds. The van der Waals surface area contributed by atoms with Gasteiger partial charge in [-0.15, -0.1) is 0 Å². The van der Waals surface area contributed by atoms with Gasteiger partial charge in [0.1, 0.15) is 0 Å². The molecule has 0 aromatic heterocycles. The molecule has 2 rings (SSSR count). The zero-order valence-electron chi connectivity index (χ0n) is 12.7. The van der Waals surface area contributed by atoms with Crippen molar-refractivity contribution in [3.05, 3.63) is 41.5 Å². The molecule has 0 unspecified atom stereocenters. The summed E-state index contributed by atoms with van der Waals surface area (Å²) >= 11 is 0. The summed E-state index contributed by atoms with van der Waals surface area (Å²) in [5, 5.41) is 2.92. The normalized spacial score (nSPS) is 16.2. The molecule has 0 radical (unpaired) electrons. The maximum absolute atomic E-state index is 11.7. The van der Waals surface area contributed by atoms with Gasteiger partial charge in [-0.25, -0.2) is 0 Å². The van der Waals surface area contributed by atoms with E-state index in [1.807, 2.05) is 30.3 Å². The number of carbonyl (C=O) groups is 1. The SMILES string of the molecule is Cc1ccc(C=CC(=O)NCCCN2CCOCC2)cc1. The number of ether oxygens (including phenoxy) is 1. The maximum atomic E-state index is 11.7. The van der Waals surface area contributed by atoms with Crippen molar-refractivity contribution in [3.63, 3.8) is 0 Å². The van der Waals surface area contributed by atoms with Crippen molar-refractivity contribution in [1.29, 1.82) is 0 Å². The first-order valence-electron chi connectivity index (χ1n) is 7.57. The Labute approximate surface area is 126 Å². The minimum absolute atomic E-state index is 0.0300. The lowest BCUT2D eigenvalue weighted by Crippen LogP contribution is -2.38. The fraction of sp³-hybridized carbons (Fsp3) is 0.471. The number of hydrogen-bond donors (Lipinski definition) is 1. The van der Waals surface area contributed by atoms with Gasteiger partial charge in [-0.05, 0) is 31.5 Å². The molecule has 0 spiro atoms. The molecule has 1 saturated heterocycles. The molecule has 1 heterocycles. The second-order valence-electron chi connectivity index (χ2n) is 5.34. The van der Waals surface area contributed by atoms with E-state index in [4.69, 9.17) is 4.74 Å². The third-order valence-corrected chi connectivity index (χ3v) is 3.56. The van der Waals surface area contributed by atoms with Gasteiger partial charge in [-0.2, -0.15) is 0 Å². The molecule has 4 heteroatoms. The average molecular weight is 288 g/mol. The van der Waals surface area contributed by atoms with E-state index in [1.165, 1.54) is 5.56 Å². The predicted molar refractivity (Wildman–Crippen MR) is 85.1 cm³/mol. The Morgan fingerprint density at radius 3 is 2.71 bits per heavy atom.